The SMILES string of the molecule is C[C@@H](CC(=O)c1ccc(F)cc1)NC(=O)c1ccn2ccnc2c1. The van der Waals surface area contributed by atoms with E-state index >= 15 is 0 Å². The second-order valence-electron chi connectivity index (χ2n) is 5.62. The van der Waals surface area contributed by atoms with E-state index < -0.39 is 0 Å². The Morgan fingerprint density at radius 2 is 1.92 bits per heavy atom. The van der Waals surface area contributed by atoms with Gasteiger partial charge >= 0.3 is 0 Å². The van der Waals surface area contributed by atoms with Crippen LogP contribution in [0.3, 0.4) is 0 Å². The number of imidazole rings is 1. The standard InChI is InChI=1S/C18H16FN3O2/c1-12(10-16(23)13-2-4-15(19)5-3-13)21-18(24)14-6-8-22-9-7-20-17(22)11-14/h2-9,11-12H,10H2,1H3,(H,21,24)/t12-/m0/s1. The molecule has 0 radical (unpaired) electrons. The van der Waals surface area contributed by atoms with Gasteiger partial charge in [-0.1, -0.05) is 0 Å². The molecule has 0 aliphatic rings. The topological polar surface area (TPSA) is 63.5 Å². The Bertz CT molecular complexity index is 887. The van der Waals surface area contributed by atoms with Gasteiger partial charge in [0.05, 0.1) is 0 Å². The van der Waals surface area contributed by atoms with Gasteiger partial charge in [0.15, 0.2) is 5.78 Å². The Kier molecular flexibility index (Phi) is 4.37. The molecule has 24 heavy (non-hydrogen) atoms. The van der Waals surface area contributed by atoms with Crippen molar-refractivity contribution in [2.75, 3.05) is 0 Å². The van der Waals surface area contributed by atoms with Crippen molar-refractivity contribution in [1.29, 1.82) is 0 Å². The summed E-state index contributed by atoms with van der Waals surface area (Å²) in [5.74, 6) is -0.798. The number of carbonyl (C=O) groups excluding carboxylic acids is 2. The summed E-state index contributed by atoms with van der Waals surface area (Å²) in [6.45, 7) is 1.76. The number of aromatic nitrogens is 2. The zero-order valence-corrected chi connectivity index (χ0v) is 13.1. The second-order valence-corrected chi connectivity index (χ2v) is 5.62. The van der Waals surface area contributed by atoms with E-state index in [9.17, 15) is 14.0 Å². The average molecular weight is 325 g/mol. The third-order valence-corrected chi connectivity index (χ3v) is 3.70. The number of ketones is 1. The van der Waals surface area contributed by atoms with Crippen LogP contribution < -0.4 is 5.32 Å². The minimum atomic E-state index is -0.387. The molecule has 6 heteroatoms. The van der Waals surface area contributed by atoms with E-state index in [0.29, 0.717) is 16.8 Å². The summed E-state index contributed by atoms with van der Waals surface area (Å²) in [6.07, 6.45) is 5.34. The third-order valence-electron chi connectivity index (χ3n) is 3.70. The molecule has 5 nitrogen and oxygen atoms in total. The number of benzene rings is 1. The first-order valence-corrected chi connectivity index (χ1v) is 7.55. The normalized spacial score (nSPS) is 12.1. The summed E-state index contributed by atoms with van der Waals surface area (Å²) in [7, 11) is 0. The quantitative estimate of drug-likeness (QED) is 0.734. The molecule has 0 aliphatic carbocycles. The van der Waals surface area contributed by atoms with E-state index in [4.69, 9.17) is 0 Å². The molecule has 2 aromatic heterocycles. The van der Waals surface area contributed by atoms with Gasteiger partial charge in [-0.15, -0.1) is 0 Å². The first kappa shape index (κ1) is 15.9. The minimum absolute atomic E-state index is 0.142. The Morgan fingerprint density at radius 1 is 1.17 bits per heavy atom. The molecule has 0 saturated heterocycles. The van der Waals surface area contributed by atoms with Gasteiger partial charge in [-0.2, -0.15) is 0 Å². The van der Waals surface area contributed by atoms with Gasteiger partial charge in [-0.05, 0) is 43.3 Å². The van der Waals surface area contributed by atoms with Crippen molar-refractivity contribution in [3.05, 3.63) is 71.9 Å². The van der Waals surface area contributed by atoms with Gasteiger partial charge in [-0.25, -0.2) is 9.37 Å². The van der Waals surface area contributed by atoms with E-state index in [1.807, 2.05) is 0 Å². The van der Waals surface area contributed by atoms with E-state index in [2.05, 4.69) is 10.3 Å². The van der Waals surface area contributed by atoms with Crippen LogP contribution in [0.5, 0.6) is 0 Å². The van der Waals surface area contributed by atoms with Crippen LogP contribution in [0.1, 0.15) is 34.1 Å². The zero-order valence-electron chi connectivity index (χ0n) is 13.1. The molecule has 0 saturated carbocycles. The summed E-state index contributed by atoms with van der Waals surface area (Å²) in [4.78, 5) is 28.5. The lowest BCUT2D eigenvalue weighted by Gasteiger charge is -2.13. The molecule has 1 N–H and O–H groups in total. The molecule has 0 spiro atoms. The number of hydrogen-bond acceptors (Lipinski definition) is 3. The Morgan fingerprint density at radius 3 is 2.67 bits per heavy atom. The number of Topliss-reactive ketones (excluding diaryl/α,β-unsaturated/α-hetero) is 1. The van der Waals surface area contributed by atoms with Crippen LogP contribution in [0.4, 0.5) is 4.39 Å². The predicted octanol–water partition coefficient (Wildman–Crippen LogP) is 2.86. The van der Waals surface area contributed by atoms with E-state index in [-0.39, 0.29) is 30.0 Å². The number of amides is 1. The first-order valence-electron chi connectivity index (χ1n) is 7.55. The van der Waals surface area contributed by atoms with E-state index in [1.165, 1.54) is 24.3 Å². The van der Waals surface area contributed by atoms with Crippen LogP contribution in [0.2, 0.25) is 0 Å². The van der Waals surface area contributed by atoms with Gasteiger partial charge < -0.3 is 9.72 Å². The maximum Gasteiger partial charge on any atom is 0.251 e. The monoisotopic (exact) mass is 325 g/mol. The summed E-state index contributed by atoms with van der Waals surface area (Å²) < 4.78 is 14.7. The van der Waals surface area contributed by atoms with Crippen molar-refractivity contribution < 1.29 is 14.0 Å². The number of nitrogens with one attached hydrogen (secondary N) is 1. The maximum absolute atomic E-state index is 12.9. The van der Waals surface area contributed by atoms with Gasteiger partial charge in [0, 0.05) is 42.2 Å². The highest BCUT2D eigenvalue weighted by molar-refractivity contribution is 5.98. The molecule has 3 aromatic rings. The van der Waals surface area contributed by atoms with Crippen molar-refractivity contribution in [2.45, 2.75) is 19.4 Å². The van der Waals surface area contributed by atoms with E-state index in [1.54, 1.807) is 42.0 Å². The smallest absolute Gasteiger partial charge is 0.251 e. The highest BCUT2D eigenvalue weighted by Gasteiger charge is 2.15. The summed E-state index contributed by atoms with van der Waals surface area (Å²) in [6, 6.07) is 8.41. The average Bonchev–Trinajstić information content (AvgIpc) is 3.02. The Balaban J connectivity index is 1.63. The van der Waals surface area contributed by atoms with E-state index in [0.717, 1.165) is 0 Å². The van der Waals surface area contributed by atoms with Crippen LogP contribution >= 0.6 is 0 Å². The summed E-state index contributed by atoms with van der Waals surface area (Å²) in [5, 5.41) is 2.79. The van der Waals surface area contributed by atoms with Crippen LogP contribution in [-0.4, -0.2) is 27.1 Å². The molecule has 0 bridgehead atoms. The fraction of sp³-hybridized carbons (Fsp3) is 0.167. The van der Waals surface area contributed by atoms with Gasteiger partial charge in [0.25, 0.3) is 5.91 Å². The van der Waals surface area contributed by atoms with Crippen LogP contribution in [0.25, 0.3) is 5.65 Å². The molecule has 3 rings (SSSR count). The molecule has 1 atom stereocenters. The van der Waals surface area contributed by atoms with Crippen molar-refractivity contribution in [2.24, 2.45) is 0 Å². The lowest BCUT2D eigenvalue weighted by Crippen LogP contribution is -2.34. The molecule has 1 aromatic carbocycles. The fourth-order valence-corrected chi connectivity index (χ4v) is 2.44. The lowest BCUT2D eigenvalue weighted by atomic mass is 10.0. The molecule has 0 aliphatic heterocycles. The summed E-state index contributed by atoms with van der Waals surface area (Å²) in [5.41, 5.74) is 1.59. The van der Waals surface area contributed by atoms with Crippen LogP contribution in [0, 0.1) is 5.82 Å². The molecular weight excluding hydrogens is 309 g/mol. The Hall–Kier alpha value is -3.02. The van der Waals surface area contributed by atoms with Crippen molar-refractivity contribution in [3.63, 3.8) is 0 Å². The number of carbonyl (C=O) groups is 2. The minimum Gasteiger partial charge on any atom is -0.349 e. The largest absolute Gasteiger partial charge is 0.349 e. The highest BCUT2D eigenvalue weighted by atomic mass is 19.1. The molecule has 1 amide bonds. The highest BCUT2D eigenvalue weighted by Crippen LogP contribution is 2.09. The number of fused-ring (bicyclic) bond motifs is 1. The maximum atomic E-state index is 12.9. The zero-order chi connectivity index (χ0) is 17.1. The molecule has 0 unspecified atom stereocenters. The van der Waals surface area contributed by atoms with Crippen molar-refractivity contribution in [3.8, 4) is 0 Å². The summed E-state index contributed by atoms with van der Waals surface area (Å²) >= 11 is 0. The van der Waals surface area contributed by atoms with Crippen LogP contribution in [0.15, 0.2) is 55.0 Å². The number of hydrogen-bond donors (Lipinski definition) is 1. The molecule has 122 valence electrons. The second kappa shape index (κ2) is 6.62. The van der Waals surface area contributed by atoms with Crippen molar-refractivity contribution in [1.82, 2.24) is 14.7 Å². The molecular formula is C18H16FN3O2. The number of nitrogens with zero attached hydrogens (tertiary/aromatic N) is 2. The number of halogens is 1. The number of rotatable bonds is 5. The number of pyridine rings is 1. The van der Waals surface area contributed by atoms with Gasteiger partial charge in [-0.3, -0.25) is 9.59 Å². The molecule has 2 heterocycles. The van der Waals surface area contributed by atoms with Crippen molar-refractivity contribution >= 4 is 17.3 Å². The molecule has 0 fully saturated rings. The Labute approximate surface area is 138 Å². The van der Waals surface area contributed by atoms with Crippen LogP contribution in [-0.2, 0) is 0 Å². The van der Waals surface area contributed by atoms with Gasteiger partial charge in [0.2, 0.25) is 0 Å². The third kappa shape index (κ3) is 3.48. The predicted molar refractivity (Wildman–Crippen MR) is 87.5 cm³/mol. The lowest BCUT2D eigenvalue weighted by molar-refractivity contribution is 0.0918. The first-order chi connectivity index (χ1) is 11.5. The van der Waals surface area contributed by atoms with Gasteiger partial charge in [0.1, 0.15) is 11.5 Å². The fourth-order valence-electron chi connectivity index (χ4n) is 2.44.